The second kappa shape index (κ2) is 6.58. The average Bonchev–Trinajstić information content (AvgIpc) is 2.89. The van der Waals surface area contributed by atoms with E-state index in [1.165, 1.54) is 0 Å². The maximum atomic E-state index is 9.48. The SMILES string of the molecule is C[C@H]1CN(c2cc(N3CCC[C@@H]3CO)ncn2)CCCO1. The third-order valence-electron chi connectivity index (χ3n) is 4.30. The second-order valence-corrected chi connectivity index (χ2v) is 5.89. The highest BCUT2D eigenvalue weighted by Gasteiger charge is 2.26. The quantitative estimate of drug-likeness (QED) is 0.898. The number of hydrogen-bond donors (Lipinski definition) is 1. The van der Waals surface area contributed by atoms with Crippen LogP contribution in [0.2, 0.25) is 0 Å². The van der Waals surface area contributed by atoms with Crippen molar-refractivity contribution in [3.05, 3.63) is 12.4 Å². The highest BCUT2D eigenvalue weighted by Crippen LogP contribution is 2.26. The molecule has 0 bridgehead atoms. The first-order chi connectivity index (χ1) is 10.3. The summed E-state index contributed by atoms with van der Waals surface area (Å²) < 4.78 is 5.69. The minimum atomic E-state index is 0.188. The van der Waals surface area contributed by atoms with Crippen LogP contribution in [0.3, 0.4) is 0 Å². The molecule has 0 radical (unpaired) electrons. The third kappa shape index (κ3) is 3.27. The molecule has 0 aliphatic carbocycles. The van der Waals surface area contributed by atoms with Crippen molar-refractivity contribution in [2.75, 3.05) is 42.6 Å². The summed E-state index contributed by atoms with van der Waals surface area (Å²) in [6, 6.07) is 2.24. The third-order valence-corrected chi connectivity index (χ3v) is 4.30. The van der Waals surface area contributed by atoms with Crippen molar-refractivity contribution in [1.29, 1.82) is 0 Å². The van der Waals surface area contributed by atoms with Gasteiger partial charge in [0.25, 0.3) is 0 Å². The van der Waals surface area contributed by atoms with Crippen LogP contribution in [0, 0.1) is 0 Å². The topological polar surface area (TPSA) is 61.7 Å². The summed E-state index contributed by atoms with van der Waals surface area (Å²) in [5.41, 5.74) is 0. The highest BCUT2D eigenvalue weighted by molar-refractivity contribution is 5.51. The Morgan fingerprint density at radius 2 is 2.14 bits per heavy atom. The van der Waals surface area contributed by atoms with E-state index in [4.69, 9.17) is 4.74 Å². The van der Waals surface area contributed by atoms with E-state index < -0.39 is 0 Å². The van der Waals surface area contributed by atoms with E-state index in [9.17, 15) is 5.11 Å². The fourth-order valence-corrected chi connectivity index (χ4v) is 3.20. The molecule has 2 aliphatic heterocycles. The van der Waals surface area contributed by atoms with Crippen LogP contribution in [0.15, 0.2) is 12.4 Å². The Labute approximate surface area is 125 Å². The lowest BCUT2D eigenvalue weighted by molar-refractivity contribution is 0.0820. The Balaban J connectivity index is 1.79. The van der Waals surface area contributed by atoms with E-state index in [0.717, 1.165) is 57.1 Å². The minimum Gasteiger partial charge on any atom is -0.394 e. The predicted octanol–water partition coefficient (Wildman–Crippen LogP) is 1.05. The minimum absolute atomic E-state index is 0.188. The lowest BCUT2D eigenvalue weighted by Crippen LogP contribution is -2.34. The molecular formula is C15H24N4O2. The molecular weight excluding hydrogens is 268 g/mol. The monoisotopic (exact) mass is 292 g/mol. The van der Waals surface area contributed by atoms with E-state index in [-0.39, 0.29) is 18.8 Å². The lowest BCUT2D eigenvalue weighted by atomic mass is 10.2. The van der Waals surface area contributed by atoms with Crippen LogP contribution in [0.4, 0.5) is 11.6 Å². The largest absolute Gasteiger partial charge is 0.394 e. The summed E-state index contributed by atoms with van der Waals surface area (Å²) in [7, 11) is 0. The maximum Gasteiger partial charge on any atom is 0.134 e. The molecule has 3 rings (SSSR count). The van der Waals surface area contributed by atoms with Crippen LogP contribution in [-0.2, 0) is 4.74 Å². The van der Waals surface area contributed by atoms with Gasteiger partial charge in [0.15, 0.2) is 0 Å². The fourth-order valence-electron chi connectivity index (χ4n) is 3.20. The zero-order chi connectivity index (χ0) is 14.7. The molecule has 0 unspecified atom stereocenters. The summed E-state index contributed by atoms with van der Waals surface area (Å²) in [6.45, 7) is 5.89. The zero-order valence-electron chi connectivity index (χ0n) is 12.6. The Morgan fingerprint density at radius 1 is 1.29 bits per heavy atom. The summed E-state index contributed by atoms with van der Waals surface area (Å²) in [6.07, 6.45) is 5.02. The molecule has 0 saturated carbocycles. The van der Waals surface area contributed by atoms with E-state index in [1.807, 2.05) is 6.07 Å². The van der Waals surface area contributed by atoms with Gasteiger partial charge in [-0.1, -0.05) is 0 Å². The van der Waals surface area contributed by atoms with Crippen LogP contribution in [-0.4, -0.2) is 60.1 Å². The van der Waals surface area contributed by atoms with Gasteiger partial charge in [0.05, 0.1) is 18.8 Å². The van der Waals surface area contributed by atoms with Crippen molar-refractivity contribution >= 4 is 11.6 Å². The molecule has 2 aliphatic rings. The average molecular weight is 292 g/mol. The van der Waals surface area contributed by atoms with Crippen LogP contribution in [0.25, 0.3) is 0 Å². The fraction of sp³-hybridized carbons (Fsp3) is 0.733. The van der Waals surface area contributed by atoms with Crippen LogP contribution < -0.4 is 9.80 Å². The van der Waals surface area contributed by atoms with E-state index in [2.05, 4.69) is 26.7 Å². The molecule has 116 valence electrons. The molecule has 2 atom stereocenters. The van der Waals surface area contributed by atoms with Crippen molar-refractivity contribution in [2.45, 2.75) is 38.3 Å². The molecule has 0 amide bonds. The van der Waals surface area contributed by atoms with Gasteiger partial charge < -0.3 is 19.6 Å². The first kappa shape index (κ1) is 14.5. The predicted molar refractivity (Wildman–Crippen MR) is 81.7 cm³/mol. The van der Waals surface area contributed by atoms with Gasteiger partial charge in [0.1, 0.15) is 18.0 Å². The Bertz CT molecular complexity index is 471. The number of ether oxygens (including phenoxy) is 1. The van der Waals surface area contributed by atoms with Crippen LogP contribution in [0.5, 0.6) is 0 Å². The summed E-state index contributed by atoms with van der Waals surface area (Å²) in [5, 5.41) is 9.48. The number of aromatic nitrogens is 2. The molecule has 1 aromatic heterocycles. The second-order valence-electron chi connectivity index (χ2n) is 5.89. The van der Waals surface area contributed by atoms with Gasteiger partial charge in [-0.3, -0.25) is 0 Å². The standard InChI is InChI=1S/C15H24N4O2/c1-12-9-18(5-3-7-21-12)14-8-15(17-11-16-14)19-6-2-4-13(19)10-20/h8,11-13,20H,2-7,9-10H2,1H3/t12-,13+/m0/s1. The summed E-state index contributed by atoms with van der Waals surface area (Å²) in [4.78, 5) is 13.3. The molecule has 21 heavy (non-hydrogen) atoms. The van der Waals surface area contributed by atoms with E-state index in [0.29, 0.717) is 0 Å². The number of anilines is 2. The van der Waals surface area contributed by atoms with Gasteiger partial charge in [-0.25, -0.2) is 9.97 Å². The number of aliphatic hydroxyl groups excluding tert-OH is 1. The number of rotatable bonds is 3. The Morgan fingerprint density at radius 3 is 3.00 bits per heavy atom. The zero-order valence-corrected chi connectivity index (χ0v) is 12.6. The van der Waals surface area contributed by atoms with Crippen molar-refractivity contribution in [1.82, 2.24) is 9.97 Å². The molecule has 3 heterocycles. The van der Waals surface area contributed by atoms with Gasteiger partial charge in [0, 0.05) is 32.3 Å². The normalized spacial score (nSPS) is 27.0. The van der Waals surface area contributed by atoms with E-state index in [1.54, 1.807) is 6.33 Å². The van der Waals surface area contributed by atoms with Crippen molar-refractivity contribution in [3.63, 3.8) is 0 Å². The first-order valence-electron chi connectivity index (χ1n) is 7.84. The molecule has 2 fully saturated rings. The maximum absolute atomic E-state index is 9.48. The molecule has 6 heteroatoms. The highest BCUT2D eigenvalue weighted by atomic mass is 16.5. The number of aliphatic hydroxyl groups is 1. The summed E-state index contributed by atoms with van der Waals surface area (Å²) in [5.74, 6) is 1.88. The Kier molecular flexibility index (Phi) is 4.55. The van der Waals surface area contributed by atoms with Crippen molar-refractivity contribution in [2.24, 2.45) is 0 Å². The van der Waals surface area contributed by atoms with Gasteiger partial charge in [0.2, 0.25) is 0 Å². The van der Waals surface area contributed by atoms with Gasteiger partial charge in [-0.2, -0.15) is 0 Å². The van der Waals surface area contributed by atoms with Gasteiger partial charge >= 0.3 is 0 Å². The van der Waals surface area contributed by atoms with Gasteiger partial charge in [-0.05, 0) is 26.2 Å². The van der Waals surface area contributed by atoms with Crippen molar-refractivity contribution < 1.29 is 9.84 Å². The first-order valence-corrected chi connectivity index (χ1v) is 7.84. The van der Waals surface area contributed by atoms with Crippen LogP contribution >= 0.6 is 0 Å². The lowest BCUT2D eigenvalue weighted by Gasteiger charge is -2.27. The number of nitrogens with zero attached hydrogens (tertiary/aromatic N) is 4. The van der Waals surface area contributed by atoms with E-state index >= 15 is 0 Å². The molecule has 1 aromatic rings. The van der Waals surface area contributed by atoms with Gasteiger partial charge in [-0.15, -0.1) is 0 Å². The molecule has 0 aromatic carbocycles. The molecule has 6 nitrogen and oxygen atoms in total. The Hall–Kier alpha value is -1.40. The van der Waals surface area contributed by atoms with Crippen molar-refractivity contribution in [3.8, 4) is 0 Å². The summed E-state index contributed by atoms with van der Waals surface area (Å²) >= 11 is 0. The number of hydrogen-bond acceptors (Lipinski definition) is 6. The molecule has 0 spiro atoms. The molecule has 2 saturated heterocycles. The molecule has 1 N–H and O–H groups in total. The smallest absolute Gasteiger partial charge is 0.134 e. The van der Waals surface area contributed by atoms with Crippen LogP contribution in [0.1, 0.15) is 26.2 Å².